The summed E-state index contributed by atoms with van der Waals surface area (Å²) in [4.78, 5) is 4.64. The molecule has 1 aliphatic heterocycles. The molecule has 0 atom stereocenters. The molecule has 120 valence electrons. The summed E-state index contributed by atoms with van der Waals surface area (Å²) in [7, 11) is 0. The number of nitrogens with zero attached hydrogens (tertiary/aromatic N) is 1. The van der Waals surface area contributed by atoms with E-state index in [1.54, 1.807) is 0 Å². The standard InChI is InChI=1S/C20H35N/c1-9-11-19(5,6)16-13-18(3,4)15-21-14-17(16)20(7,8)12-10-2/h13-15H,9-12H2,1-8H3. The molecular weight excluding hydrogens is 254 g/mol. The number of rotatable bonds is 6. The topological polar surface area (TPSA) is 12.4 Å². The van der Waals surface area contributed by atoms with Crippen molar-refractivity contribution in [1.29, 1.82) is 0 Å². The molecule has 0 bridgehead atoms. The highest BCUT2D eigenvalue weighted by molar-refractivity contribution is 5.70. The molecule has 0 aromatic rings. The largest absolute Gasteiger partial charge is 0.268 e. The smallest absolute Gasteiger partial charge is 0.0304 e. The first kappa shape index (κ1) is 18.2. The molecule has 0 aliphatic carbocycles. The number of aliphatic imine (C=N–C) groups is 1. The van der Waals surface area contributed by atoms with Crippen LogP contribution in [0.2, 0.25) is 0 Å². The molecule has 1 nitrogen and oxygen atoms in total. The molecular formula is C20H35N. The zero-order chi connectivity index (χ0) is 16.3. The van der Waals surface area contributed by atoms with Gasteiger partial charge in [0.1, 0.15) is 0 Å². The molecule has 0 saturated heterocycles. The average Bonchev–Trinajstić information content (AvgIpc) is 2.48. The molecule has 0 saturated carbocycles. The summed E-state index contributed by atoms with van der Waals surface area (Å²) in [6.45, 7) is 18.6. The number of hydrogen-bond acceptors (Lipinski definition) is 1. The van der Waals surface area contributed by atoms with Crippen LogP contribution in [-0.2, 0) is 0 Å². The van der Waals surface area contributed by atoms with Crippen molar-refractivity contribution in [3.05, 3.63) is 23.4 Å². The van der Waals surface area contributed by atoms with Gasteiger partial charge in [0.2, 0.25) is 0 Å². The second-order valence-electron chi connectivity index (χ2n) is 8.47. The lowest BCUT2D eigenvalue weighted by Gasteiger charge is -2.37. The molecule has 21 heavy (non-hydrogen) atoms. The lowest BCUT2D eigenvalue weighted by molar-refractivity contribution is 0.352. The maximum atomic E-state index is 4.64. The van der Waals surface area contributed by atoms with Crippen molar-refractivity contribution in [3.63, 3.8) is 0 Å². The SMILES string of the molecule is CCCC(C)(C)C1=CN=CC(C)(C)C=C1C(C)(C)CCC. The lowest BCUT2D eigenvalue weighted by Crippen LogP contribution is -2.26. The summed E-state index contributed by atoms with van der Waals surface area (Å²) in [5.41, 5.74) is 3.36. The van der Waals surface area contributed by atoms with Crippen molar-refractivity contribution in [1.82, 2.24) is 0 Å². The van der Waals surface area contributed by atoms with Gasteiger partial charge in [-0.05, 0) is 34.8 Å². The normalized spacial score (nSPS) is 19.0. The van der Waals surface area contributed by atoms with Gasteiger partial charge in [-0.1, -0.05) is 74.3 Å². The minimum Gasteiger partial charge on any atom is -0.268 e. The van der Waals surface area contributed by atoms with Gasteiger partial charge in [0.15, 0.2) is 0 Å². The van der Waals surface area contributed by atoms with Gasteiger partial charge in [0.05, 0.1) is 0 Å². The van der Waals surface area contributed by atoms with Gasteiger partial charge in [-0.2, -0.15) is 0 Å². The van der Waals surface area contributed by atoms with Crippen molar-refractivity contribution < 1.29 is 0 Å². The Kier molecular flexibility index (Phi) is 5.63. The average molecular weight is 290 g/mol. The van der Waals surface area contributed by atoms with Crippen molar-refractivity contribution in [3.8, 4) is 0 Å². The van der Waals surface area contributed by atoms with Crippen LogP contribution in [0.15, 0.2) is 28.4 Å². The Labute approximate surface area is 132 Å². The van der Waals surface area contributed by atoms with Crippen LogP contribution in [-0.4, -0.2) is 6.21 Å². The molecule has 0 aromatic heterocycles. The van der Waals surface area contributed by atoms with E-state index in [1.807, 2.05) is 0 Å². The van der Waals surface area contributed by atoms with E-state index in [-0.39, 0.29) is 16.2 Å². The predicted molar refractivity (Wildman–Crippen MR) is 95.8 cm³/mol. The maximum Gasteiger partial charge on any atom is 0.0304 e. The molecule has 0 fully saturated rings. The van der Waals surface area contributed by atoms with Crippen molar-refractivity contribution >= 4 is 6.21 Å². The number of hydrogen-bond donors (Lipinski definition) is 0. The first-order chi connectivity index (χ1) is 9.56. The summed E-state index contributed by atoms with van der Waals surface area (Å²) in [6.07, 6.45) is 11.5. The molecule has 0 unspecified atom stereocenters. The van der Waals surface area contributed by atoms with E-state index in [0.717, 1.165) is 0 Å². The summed E-state index contributed by atoms with van der Waals surface area (Å²) in [5.74, 6) is 0. The van der Waals surface area contributed by atoms with E-state index in [1.165, 1.54) is 36.8 Å². The Morgan fingerprint density at radius 1 is 0.905 bits per heavy atom. The molecule has 0 amide bonds. The van der Waals surface area contributed by atoms with Crippen LogP contribution in [0.4, 0.5) is 0 Å². The third kappa shape index (κ3) is 4.56. The third-order valence-electron chi connectivity index (χ3n) is 4.63. The van der Waals surface area contributed by atoms with Gasteiger partial charge in [0.25, 0.3) is 0 Å². The Bertz CT molecular complexity index is 444. The highest BCUT2D eigenvalue weighted by Gasteiger charge is 2.35. The number of allylic oxidation sites excluding steroid dienone is 3. The molecule has 1 aliphatic rings. The molecule has 0 spiro atoms. The molecule has 0 N–H and O–H groups in total. The Morgan fingerprint density at radius 3 is 1.86 bits per heavy atom. The Balaban J connectivity index is 3.38. The summed E-state index contributed by atoms with van der Waals surface area (Å²) in [6, 6.07) is 0. The summed E-state index contributed by atoms with van der Waals surface area (Å²) < 4.78 is 0. The van der Waals surface area contributed by atoms with Crippen LogP contribution in [0.5, 0.6) is 0 Å². The second kappa shape index (κ2) is 6.50. The van der Waals surface area contributed by atoms with E-state index in [4.69, 9.17) is 0 Å². The first-order valence-corrected chi connectivity index (χ1v) is 8.54. The zero-order valence-corrected chi connectivity index (χ0v) is 15.5. The van der Waals surface area contributed by atoms with Crippen LogP contribution < -0.4 is 0 Å². The van der Waals surface area contributed by atoms with E-state index in [0.29, 0.717) is 0 Å². The lowest BCUT2D eigenvalue weighted by atomic mass is 9.67. The molecule has 0 radical (unpaired) electrons. The van der Waals surface area contributed by atoms with Crippen LogP contribution in [0.25, 0.3) is 0 Å². The van der Waals surface area contributed by atoms with Gasteiger partial charge in [-0.15, -0.1) is 0 Å². The van der Waals surface area contributed by atoms with Crippen molar-refractivity contribution in [2.24, 2.45) is 21.2 Å². The van der Waals surface area contributed by atoms with Gasteiger partial charge in [-0.25, -0.2) is 0 Å². The van der Waals surface area contributed by atoms with Gasteiger partial charge >= 0.3 is 0 Å². The van der Waals surface area contributed by atoms with Gasteiger partial charge < -0.3 is 0 Å². The Hall–Kier alpha value is -0.850. The third-order valence-corrected chi connectivity index (χ3v) is 4.63. The van der Waals surface area contributed by atoms with Crippen LogP contribution in [0.1, 0.15) is 81.1 Å². The highest BCUT2D eigenvalue weighted by atomic mass is 14.7. The van der Waals surface area contributed by atoms with Crippen LogP contribution in [0.3, 0.4) is 0 Å². The van der Waals surface area contributed by atoms with Gasteiger partial charge in [-0.3, -0.25) is 4.99 Å². The van der Waals surface area contributed by atoms with E-state index in [2.05, 4.69) is 78.9 Å². The predicted octanol–water partition coefficient (Wildman–Crippen LogP) is 6.56. The van der Waals surface area contributed by atoms with Crippen LogP contribution in [0, 0.1) is 16.2 Å². The molecule has 1 heteroatoms. The molecule has 0 aromatic carbocycles. The van der Waals surface area contributed by atoms with E-state index < -0.39 is 0 Å². The minimum atomic E-state index is 0.0287. The highest BCUT2D eigenvalue weighted by Crippen LogP contribution is 2.47. The minimum absolute atomic E-state index is 0.0287. The molecule has 1 rings (SSSR count). The first-order valence-electron chi connectivity index (χ1n) is 8.54. The Morgan fingerprint density at radius 2 is 1.38 bits per heavy atom. The van der Waals surface area contributed by atoms with E-state index >= 15 is 0 Å². The van der Waals surface area contributed by atoms with Crippen LogP contribution >= 0.6 is 0 Å². The second-order valence-corrected chi connectivity index (χ2v) is 8.47. The van der Waals surface area contributed by atoms with Crippen molar-refractivity contribution in [2.45, 2.75) is 81.1 Å². The maximum absolute atomic E-state index is 4.64. The quantitative estimate of drug-likeness (QED) is 0.525. The van der Waals surface area contributed by atoms with E-state index in [9.17, 15) is 0 Å². The zero-order valence-electron chi connectivity index (χ0n) is 15.5. The van der Waals surface area contributed by atoms with Crippen molar-refractivity contribution in [2.75, 3.05) is 0 Å². The van der Waals surface area contributed by atoms with Gasteiger partial charge in [0, 0.05) is 17.8 Å². The fourth-order valence-corrected chi connectivity index (χ4v) is 3.48. The summed E-state index contributed by atoms with van der Waals surface area (Å²) in [5, 5.41) is 0. The molecule has 1 heterocycles. The fraction of sp³-hybridized carbons (Fsp3) is 0.750. The monoisotopic (exact) mass is 289 g/mol. The fourth-order valence-electron chi connectivity index (χ4n) is 3.48. The summed E-state index contributed by atoms with van der Waals surface area (Å²) >= 11 is 0.